The van der Waals surface area contributed by atoms with Gasteiger partial charge in [0.2, 0.25) is 5.95 Å². The molecule has 0 aliphatic rings. The van der Waals surface area contributed by atoms with Gasteiger partial charge in [-0.15, -0.1) is 0 Å². The van der Waals surface area contributed by atoms with Gasteiger partial charge in [0, 0.05) is 6.07 Å². The molecule has 0 amide bonds. The zero-order valence-corrected chi connectivity index (χ0v) is 13.4. The molecule has 4 rings (SSSR count). The normalized spacial score (nSPS) is 11.2. The van der Waals surface area contributed by atoms with Gasteiger partial charge in [-0.2, -0.15) is 5.10 Å². The number of imidazole rings is 1. The average molecular weight is 347 g/mol. The van der Waals surface area contributed by atoms with E-state index in [9.17, 15) is 10.1 Å². The highest BCUT2D eigenvalue weighted by molar-refractivity contribution is 5.80. The molecule has 8 heteroatoms. The summed E-state index contributed by atoms with van der Waals surface area (Å²) in [6.45, 7) is 0. The van der Waals surface area contributed by atoms with Gasteiger partial charge in [-0.05, 0) is 30.3 Å². The number of hydrogen-bond donors (Lipinski definition) is 2. The van der Waals surface area contributed by atoms with E-state index in [1.807, 2.05) is 24.3 Å². The average Bonchev–Trinajstić information content (AvgIpc) is 3.28. The number of hydrazone groups is 1. The van der Waals surface area contributed by atoms with Crippen molar-refractivity contribution in [2.45, 2.75) is 0 Å². The number of aromatic nitrogens is 2. The fourth-order valence-electron chi connectivity index (χ4n) is 2.57. The van der Waals surface area contributed by atoms with Crippen LogP contribution in [-0.4, -0.2) is 21.1 Å². The van der Waals surface area contributed by atoms with Crippen molar-refractivity contribution < 1.29 is 9.34 Å². The molecule has 0 saturated carbocycles. The molecule has 26 heavy (non-hydrogen) atoms. The molecule has 2 aromatic heterocycles. The maximum Gasteiger partial charge on any atom is 0.280 e. The van der Waals surface area contributed by atoms with Gasteiger partial charge >= 0.3 is 0 Å². The van der Waals surface area contributed by atoms with Crippen molar-refractivity contribution in [2.24, 2.45) is 5.10 Å². The number of furan rings is 1. The summed E-state index contributed by atoms with van der Waals surface area (Å²) in [4.78, 5) is 18.1. The molecule has 2 N–H and O–H groups in total. The Hall–Kier alpha value is -3.94. The van der Waals surface area contributed by atoms with Crippen LogP contribution in [-0.2, 0) is 0 Å². The van der Waals surface area contributed by atoms with Crippen molar-refractivity contribution in [1.29, 1.82) is 0 Å². The third kappa shape index (κ3) is 3.03. The van der Waals surface area contributed by atoms with E-state index in [2.05, 4.69) is 20.5 Å². The first-order valence-corrected chi connectivity index (χ1v) is 7.78. The topological polar surface area (TPSA) is 109 Å². The number of benzene rings is 2. The molecule has 0 spiro atoms. The van der Waals surface area contributed by atoms with Crippen molar-refractivity contribution in [3.05, 3.63) is 76.5 Å². The Bertz CT molecular complexity index is 1080. The molecule has 0 radical (unpaired) electrons. The first-order chi connectivity index (χ1) is 12.7. The highest BCUT2D eigenvalue weighted by Gasteiger charge is 2.16. The van der Waals surface area contributed by atoms with Crippen LogP contribution in [0.15, 0.2) is 70.2 Å². The first kappa shape index (κ1) is 15.6. The van der Waals surface area contributed by atoms with Crippen LogP contribution in [0.5, 0.6) is 0 Å². The standard InChI is InChI=1S/C18H13N5O3/c24-23(25)16-8-4-1-5-13(16)17-10-9-12(26-17)11-19-22-18-20-14-6-2-3-7-15(14)21-18/h1-11H,(H2,20,21,22)/b19-11-. The second-order valence-electron chi connectivity index (χ2n) is 5.45. The van der Waals surface area contributed by atoms with Crippen LogP contribution >= 0.6 is 0 Å². The molecule has 0 atom stereocenters. The van der Waals surface area contributed by atoms with Gasteiger partial charge in [0.05, 0.1) is 27.7 Å². The third-order valence-corrected chi connectivity index (χ3v) is 3.74. The van der Waals surface area contributed by atoms with E-state index in [0.717, 1.165) is 11.0 Å². The number of anilines is 1. The van der Waals surface area contributed by atoms with E-state index in [-0.39, 0.29) is 5.69 Å². The number of nitro groups is 1. The SMILES string of the molecule is O=[N+]([O-])c1ccccc1-c1ccc(/C=N\Nc2nc3ccccc3[nH]2)o1. The Morgan fingerprint density at radius 3 is 2.77 bits per heavy atom. The van der Waals surface area contributed by atoms with Gasteiger partial charge in [-0.25, -0.2) is 10.4 Å². The third-order valence-electron chi connectivity index (χ3n) is 3.74. The number of nitrogens with zero attached hydrogens (tertiary/aromatic N) is 3. The summed E-state index contributed by atoms with van der Waals surface area (Å²) in [5, 5.41) is 15.2. The number of aromatic amines is 1. The molecule has 0 aliphatic carbocycles. The van der Waals surface area contributed by atoms with E-state index in [0.29, 0.717) is 23.0 Å². The first-order valence-electron chi connectivity index (χ1n) is 7.78. The summed E-state index contributed by atoms with van der Waals surface area (Å²) in [5.74, 6) is 1.37. The van der Waals surface area contributed by atoms with Crippen LogP contribution < -0.4 is 5.43 Å². The zero-order valence-electron chi connectivity index (χ0n) is 13.4. The zero-order chi connectivity index (χ0) is 17.9. The van der Waals surface area contributed by atoms with E-state index in [1.165, 1.54) is 12.3 Å². The maximum atomic E-state index is 11.1. The van der Waals surface area contributed by atoms with Crippen molar-refractivity contribution >= 4 is 28.9 Å². The van der Waals surface area contributed by atoms with Gasteiger partial charge in [0.25, 0.3) is 5.69 Å². The summed E-state index contributed by atoms with van der Waals surface area (Å²) in [5.41, 5.74) is 4.95. The molecule has 8 nitrogen and oxygen atoms in total. The highest BCUT2D eigenvalue weighted by Crippen LogP contribution is 2.30. The van der Waals surface area contributed by atoms with Crippen LogP contribution in [0.4, 0.5) is 11.6 Å². The molecular formula is C18H13N5O3. The molecular weight excluding hydrogens is 334 g/mol. The fraction of sp³-hybridized carbons (Fsp3) is 0. The smallest absolute Gasteiger partial charge is 0.280 e. The van der Waals surface area contributed by atoms with Crippen molar-refractivity contribution in [3.63, 3.8) is 0 Å². The second-order valence-corrected chi connectivity index (χ2v) is 5.45. The summed E-state index contributed by atoms with van der Waals surface area (Å²) in [6, 6.07) is 17.4. The van der Waals surface area contributed by atoms with Gasteiger partial charge in [0.15, 0.2) is 0 Å². The molecule has 128 valence electrons. The molecule has 2 heterocycles. The minimum Gasteiger partial charge on any atom is -0.455 e. The Balaban J connectivity index is 1.51. The second kappa shape index (κ2) is 6.52. The molecule has 0 unspecified atom stereocenters. The largest absolute Gasteiger partial charge is 0.455 e. The predicted octanol–water partition coefficient (Wildman–Crippen LogP) is 4.18. The number of para-hydroxylation sites is 3. The lowest BCUT2D eigenvalue weighted by atomic mass is 10.1. The molecule has 0 aliphatic heterocycles. The molecule has 4 aromatic rings. The quantitative estimate of drug-likeness (QED) is 0.320. The lowest BCUT2D eigenvalue weighted by Gasteiger charge is -1.98. The lowest BCUT2D eigenvalue weighted by molar-refractivity contribution is -0.384. The monoisotopic (exact) mass is 347 g/mol. The summed E-state index contributed by atoms with van der Waals surface area (Å²) < 4.78 is 5.63. The van der Waals surface area contributed by atoms with Crippen molar-refractivity contribution in [1.82, 2.24) is 9.97 Å². The number of nitro benzene ring substituents is 1. The summed E-state index contributed by atoms with van der Waals surface area (Å²) in [7, 11) is 0. The number of hydrogen-bond acceptors (Lipinski definition) is 6. The van der Waals surface area contributed by atoms with E-state index >= 15 is 0 Å². The fourth-order valence-corrected chi connectivity index (χ4v) is 2.57. The van der Waals surface area contributed by atoms with Crippen LogP contribution in [0.1, 0.15) is 5.76 Å². The Labute approximate surface area is 147 Å². The molecule has 2 aromatic carbocycles. The summed E-state index contributed by atoms with van der Waals surface area (Å²) in [6.07, 6.45) is 1.48. The number of nitrogens with one attached hydrogen (secondary N) is 2. The van der Waals surface area contributed by atoms with E-state index < -0.39 is 4.92 Å². The Morgan fingerprint density at radius 1 is 1.12 bits per heavy atom. The van der Waals surface area contributed by atoms with Crippen LogP contribution in [0.2, 0.25) is 0 Å². The van der Waals surface area contributed by atoms with E-state index in [1.54, 1.807) is 30.3 Å². The number of H-pyrrole nitrogens is 1. The number of fused-ring (bicyclic) bond motifs is 1. The van der Waals surface area contributed by atoms with Gasteiger partial charge in [0.1, 0.15) is 11.5 Å². The number of rotatable bonds is 5. The molecule has 0 saturated heterocycles. The molecule has 0 fully saturated rings. The Kier molecular flexibility index (Phi) is 3.91. The van der Waals surface area contributed by atoms with Crippen molar-refractivity contribution in [2.75, 3.05) is 5.43 Å². The van der Waals surface area contributed by atoms with Gasteiger partial charge in [-0.3, -0.25) is 10.1 Å². The van der Waals surface area contributed by atoms with Gasteiger partial charge in [-0.1, -0.05) is 24.3 Å². The lowest BCUT2D eigenvalue weighted by Crippen LogP contribution is -1.91. The van der Waals surface area contributed by atoms with E-state index in [4.69, 9.17) is 4.42 Å². The van der Waals surface area contributed by atoms with Crippen LogP contribution in [0.3, 0.4) is 0 Å². The predicted molar refractivity (Wildman–Crippen MR) is 98.1 cm³/mol. The van der Waals surface area contributed by atoms with Crippen LogP contribution in [0.25, 0.3) is 22.4 Å². The minimum absolute atomic E-state index is 0.00857. The summed E-state index contributed by atoms with van der Waals surface area (Å²) >= 11 is 0. The minimum atomic E-state index is -0.436. The molecule has 0 bridgehead atoms. The van der Waals surface area contributed by atoms with Gasteiger partial charge < -0.3 is 9.40 Å². The van der Waals surface area contributed by atoms with Crippen LogP contribution in [0, 0.1) is 10.1 Å². The Morgan fingerprint density at radius 2 is 1.92 bits per heavy atom. The van der Waals surface area contributed by atoms with Crippen molar-refractivity contribution in [3.8, 4) is 11.3 Å². The maximum absolute atomic E-state index is 11.1. The highest BCUT2D eigenvalue weighted by atomic mass is 16.6.